The molecule has 0 saturated heterocycles. The van der Waals surface area contributed by atoms with E-state index in [1.54, 1.807) is 31.2 Å². The molecule has 6 heteroatoms. The molecule has 3 aromatic rings. The Morgan fingerprint density at radius 2 is 1.68 bits per heavy atom. The topological polar surface area (TPSA) is 64.6 Å². The summed E-state index contributed by atoms with van der Waals surface area (Å²) in [7, 11) is 0. The van der Waals surface area contributed by atoms with E-state index in [4.69, 9.17) is 21.1 Å². The number of esters is 1. The first kappa shape index (κ1) is 23.8. The van der Waals surface area contributed by atoms with E-state index >= 15 is 0 Å². The summed E-state index contributed by atoms with van der Waals surface area (Å²) >= 11 is 5.91. The molecule has 1 fully saturated rings. The fourth-order valence-electron chi connectivity index (χ4n) is 3.77. The molecule has 0 aromatic heterocycles. The summed E-state index contributed by atoms with van der Waals surface area (Å²) in [6.45, 7) is 2.73. The van der Waals surface area contributed by atoms with Crippen LogP contribution in [-0.2, 0) is 22.4 Å². The molecule has 0 bridgehead atoms. The van der Waals surface area contributed by atoms with Crippen LogP contribution < -0.4 is 10.1 Å². The molecule has 0 spiro atoms. The Hall–Kier alpha value is -3.31. The third-order valence-corrected chi connectivity index (χ3v) is 5.95. The van der Waals surface area contributed by atoms with Crippen LogP contribution in [0.15, 0.2) is 66.7 Å². The maximum absolute atomic E-state index is 12.5. The molecule has 0 unspecified atom stereocenters. The van der Waals surface area contributed by atoms with Gasteiger partial charge in [-0.3, -0.25) is 9.59 Å². The summed E-state index contributed by atoms with van der Waals surface area (Å²) in [5.41, 5.74) is 3.74. The first-order valence-corrected chi connectivity index (χ1v) is 12.0. The van der Waals surface area contributed by atoms with Crippen LogP contribution in [0.4, 0.5) is 0 Å². The minimum absolute atomic E-state index is 0.123. The average molecular weight is 478 g/mol. The molecular weight excluding hydrogens is 450 g/mol. The lowest BCUT2D eigenvalue weighted by Crippen LogP contribution is -2.25. The van der Waals surface area contributed by atoms with Crippen LogP contribution in [-0.4, -0.2) is 25.0 Å². The minimum atomic E-state index is -0.222. The number of benzene rings is 3. The lowest BCUT2D eigenvalue weighted by molar-refractivity contribution is -0.142. The van der Waals surface area contributed by atoms with Crippen molar-refractivity contribution in [1.82, 2.24) is 5.32 Å². The highest BCUT2D eigenvalue weighted by Gasteiger charge is 2.27. The molecule has 34 heavy (non-hydrogen) atoms. The molecule has 0 aliphatic heterocycles. The van der Waals surface area contributed by atoms with Gasteiger partial charge in [-0.05, 0) is 91.3 Å². The predicted octanol–water partition coefficient (Wildman–Crippen LogP) is 6.09. The molecule has 3 aromatic carbocycles. The van der Waals surface area contributed by atoms with Crippen molar-refractivity contribution in [3.05, 3.63) is 94.0 Å². The van der Waals surface area contributed by atoms with Crippen LogP contribution in [0.25, 0.3) is 0 Å². The fraction of sp³-hybridized carbons (Fsp3) is 0.286. The second kappa shape index (κ2) is 11.2. The molecule has 1 aliphatic carbocycles. The first-order chi connectivity index (χ1) is 16.5. The molecule has 1 saturated carbocycles. The van der Waals surface area contributed by atoms with E-state index < -0.39 is 0 Å². The van der Waals surface area contributed by atoms with Gasteiger partial charge < -0.3 is 14.8 Å². The number of nitrogens with one attached hydrogen (secondary N) is 1. The third-order valence-electron chi connectivity index (χ3n) is 5.70. The summed E-state index contributed by atoms with van der Waals surface area (Å²) in [5.74, 6) is 1.57. The maximum Gasteiger partial charge on any atom is 0.310 e. The minimum Gasteiger partial charge on any atom is -0.466 e. The molecule has 5 nitrogen and oxygen atoms in total. The normalized spacial score (nSPS) is 12.8. The number of rotatable bonds is 10. The van der Waals surface area contributed by atoms with Crippen molar-refractivity contribution in [2.45, 2.75) is 38.5 Å². The van der Waals surface area contributed by atoms with Gasteiger partial charge in [-0.25, -0.2) is 0 Å². The zero-order valence-corrected chi connectivity index (χ0v) is 19.9. The van der Waals surface area contributed by atoms with Gasteiger partial charge in [0.1, 0.15) is 11.5 Å². The average Bonchev–Trinajstić information content (AvgIpc) is 3.67. The fourth-order valence-corrected chi connectivity index (χ4v) is 3.89. The molecule has 1 aliphatic rings. The van der Waals surface area contributed by atoms with Gasteiger partial charge in [0.15, 0.2) is 0 Å². The van der Waals surface area contributed by atoms with Gasteiger partial charge in [-0.15, -0.1) is 0 Å². The van der Waals surface area contributed by atoms with Crippen molar-refractivity contribution in [1.29, 1.82) is 0 Å². The Bertz CT molecular complexity index is 1140. The molecule has 4 rings (SSSR count). The summed E-state index contributed by atoms with van der Waals surface area (Å²) in [5, 5.41) is 3.64. The van der Waals surface area contributed by atoms with Crippen LogP contribution in [0.5, 0.6) is 11.5 Å². The van der Waals surface area contributed by atoms with Gasteiger partial charge in [-0.2, -0.15) is 0 Å². The number of amides is 1. The summed E-state index contributed by atoms with van der Waals surface area (Å²) in [6.07, 6.45) is 3.23. The summed E-state index contributed by atoms with van der Waals surface area (Å²) in [4.78, 5) is 24.3. The van der Waals surface area contributed by atoms with E-state index in [9.17, 15) is 9.59 Å². The zero-order valence-electron chi connectivity index (χ0n) is 19.2. The second-order valence-corrected chi connectivity index (χ2v) is 8.82. The Balaban J connectivity index is 1.35. The highest BCUT2D eigenvalue weighted by Crippen LogP contribution is 2.45. The number of hydrogen-bond donors (Lipinski definition) is 1. The molecule has 176 valence electrons. The lowest BCUT2D eigenvalue weighted by atomic mass is 10.0. The number of ether oxygens (including phenoxy) is 2. The largest absolute Gasteiger partial charge is 0.466 e. The number of carbonyl (C=O) groups excluding carboxylic acids is 2. The quantitative estimate of drug-likeness (QED) is 0.359. The van der Waals surface area contributed by atoms with Crippen molar-refractivity contribution in [2.24, 2.45) is 0 Å². The van der Waals surface area contributed by atoms with E-state index in [-0.39, 0.29) is 18.3 Å². The van der Waals surface area contributed by atoms with Crippen LogP contribution >= 0.6 is 11.6 Å². The van der Waals surface area contributed by atoms with Crippen LogP contribution in [0.1, 0.15) is 52.7 Å². The Morgan fingerprint density at radius 1 is 0.971 bits per heavy atom. The molecule has 1 amide bonds. The first-order valence-electron chi connectivity index (χ1n) is 11.6. The zero-order chi connectivity index (χ0) is 23.9. The van der Waals surface area contributed by atoms with E-state index in [1.165, 1.54) is 0 Å². The van der Waals surface area contributed by atoms with Crippen molar-refractivity contribution >= 4 is 23.5 Å². The van der Waals surface area contributed by atoms with Gasteiger partial charge in [-0.1, -0.05) is 35.9 Å². The number of halogens is 1. The van der Waals surface area contributed by atoms with Crippen molar-refractivity contribution in [2.75, 3.05) is 13.2 Å². The highest BCUT2D eigenvalue weighted by atomic mass is 35.5. The van der Waals surface area contributed by atoms with Crippen LogP contribution in [0, 0.1) is 0 Å². The molecular formula is C28H28ClNO4. The van der Waals surface area contributed by atoms with Gasteiger partial charge >= 0.3 is 5.97 Å². The van der Waals surface area contributed by atoms with Gasteiger partial charge in [0.2, 0.25) is 0 Å². The van der Waals surface area contributed by atoms with Gasteiger partial charge in [0, 0.05) is 17.1 Å². The van der Waals surface area contributed by atoms with E-state index in [1.807, 2.05) is 42.5 Å². The van der Waals surface area contributed by atoms with Gasteiger partial charge in [0.25, 0.3) is 5.91 Å². The highest BCUT2D eigenvalue weighted by molar-refractivity contribution is 6.30. The molecule has 0 heterocycles. The maximum atomic E-state index is 12.5. The smallest absolute Gasteiger partial charge is 0.310 e. The standard InChI is InChI=1S/C28H28ClNO4/c1-2-33-27(31)18-20-5-14-26(25(17-20)21-6-7-21)34-24-12-8-22(9-13-24)28(32)30-16-15-19-3-10-23(29)11-4-19/h3-5,8-14,17,21H,2,6-7,15-16,18H2,1H3,(H,30,32). The Morgan fingerprint density at radius 3 is 2.35 bits per heavy atom. The predicted molar refractivity (Wildman–Crippen MR) is 133 cm³/mol. The molecule has 1 N–H and O–H groups in total. The molecule has 0 radical (unpaired) electrons. The van der Waals surface area contributed by atoms with Crippen molar-refractivity contribution < 1.29 is 19.1 Å². The number of hydrogen-bond acceptors (Lipinski definition) is 4. The Labute approximate surface area is 205 Å². The van der Waals surface area contributed by atoms with Crippen LogP contribution in [0.3, 0.4) is 0 Å². The number of carbonyl (C=O) groups is 2. The van der Waals surface area contributed by atoms with Gasteiger partial charge in [0.05, 0.1) is 13.0 Å². The summed E-state index contributed by atoms with van der Waals surface area (Å²) < 4.78 is 11.2. The lowest BCUT2D eigenvalue weighted by Gasteiger charge is -2.13. The Kier molecular flexibility index (Phi) is 7.86. The second-order valence-electron chi connectivity index (χ2n) is 8.39. The van der Waals surface area contributed by atoms with Crippen LogP contribution in [0.2, 0.25) is 5.02 Å². The molecule has 0 atom stereocenters. The van der Waals surface area contributed by atoms with E-state index in [2.05, 4.69) is 5.32 Å². The van der Waals surface area contributed by atoms with Crippen molar-refractivity contribution in [3.63, 3.8) is 0 Å². The van der Waals surface area contributed by atoms with E-state index in [0.29, 0.717) is 35.4 Å². The monoisotopic (exact) mass is 477 g/mol. The third kappa shape index (κ3) is 6.61. The SMILES string of the molecule is CCOC(=O)Cc1ccc(Oc2ccc(C(=O)NCCc3ccc(Cl)cc3)cc2)c(C2CC2)c1. The van der Waals surface area contributed by atoms with E-state index in [0.717, 1.165) is 41.7 Å². The van der Waals surface area contributed by atoms with Crippen molar-refractivity contribution in [3.8, 4) is 11.5 Å². The summed E-state index contributed by atoms with van der Waals surface area (Å²) in [6, 6.07) is 20.6.